The Morgan fingerprint density at radius 3 is 2.65 bits per heavy atom. The number of nitrogens with zero attached hydrogens (tertiary/aromatic N) is 1. The van der Waals surface area contributed by atoms with Crippen molar-refractivity contribution in [3.8, 4) is 0 Å². The highest BCUT2D eigenvalue weighted by Crippen LogP contribution is 2.32. The van der Waals surface area contributed by atoms with Crippen LogP contribution in [-0.4, -0.2) is 13.4 Å². The van der Waals surface area contributed by atoms with Gasteiger partial charge in [-0.1, -0.05) is 23.2 Å². The molecule has 0 atom stereocenters. The van der Waals surface area contributed by atoms with Crippen LogP contribution in [0.3, 0.4) is 0 Å². The standard InChI is InChI=1S/C11H11Cl2N3O2S2/c1-6-5-19-11(15-6)16-20(17,18)9-3-2-8(12)7(4-14)10(9)13/h2-3,5H,4,14H2,1H3,(H,15,16). The van der Waals surface area contributed by atoms with Crippen LogP contribution in [0.5, 0.6) is 0 Å². The van der Waals surface area contributed by atoms with Gasteiger partial charge in [0.05, 0.1) is 10.7 Å². The lowest BCUT2D eigenvalue weighted by molar-refractivity contribution is 0.601. The van der Waals surface area contributed by atoms with Crippen LogP contribution in [0.4, 0.5) is 5.13 Å². The largest absolute Gasteiger partial charge is 0.326 e. The first-order valence-corrected chi connectivity index (χ1v) is 8.59. The number of nitrogens with two attached hydrogens (primary N) is 1. The number of sulfonamides is 1. The fourth-order valence-corrected chi connectivity index (χ4v) is 4.42. The van der Waals surface area contributed by atoms with Gasteiger partial charge in [0.2, 0.25) is 0 Å². The van der Waals surface area contributed by atoms with E-state index in [0.717, 1.165) is 5.69 Å². The van der Waals surface area contributed by atoms with Gasteiger partial charge in [-0.3, -0.25) is 4.72 Å². The predicted octanol–water partition coefficient (Wildman–Crippen LogP) is 3.02. The van der Waals surface area contributed by atoms with E-state index < -0.39 is 10.0 Å². The summed E-state index contributed by atoms with van der Waals surface area (Å²) in [4.78, 5) is 3.97. The molecule has 0 radical (unpaired) electrons. The number of thiazole rings is 1. The molecule has 0 saturated carbocycles. The quantitative estimate of drug-likeness (QED) is 0.886. The zero-order valence-electron chi connectivity index (χ0n) is 10.4. The van der Waals surface area contributed by atoms with Crippen molar-refractivity contribution < 1.29 is 8.42 Å². The van der Waals surface area contributed by atoms with Crippen LogP contribution in [0.25, 0.3) is 0 Å². The molecule has 108 valence electrons. The van der Waals surface area contributed by atoms with Crippen molar-refractivity contribution in [1.82, 2.24) is 4.98 Å². The molecule has 2 aromatic rings. The molecule has 0 aliphatic carbocycles. The Morgan fingerprint density at radius 1 is 1.40 bits per heavy atom. The van der Waals surface area contributed by atoms with Crippen molar-refractivity contribution in [3.05, 3.63) is 38.8 Å². The Morgan fingerprint density at radius 2 is 2.10 bits per heavy atom. The minimum atomic E-state index is -3.83. The first-order valence-electron chi connectivity index (χ1n) is 5.47. The Balaban J connectivity index is 2.44. The van der Waals surface area contributed by atoms with Crippen molar-refractivity contribution in [3.63, 3.8) is 0 Å². The molecule has 1 aromatic heterocycles. The number of rotatable bonds is 4. The van der Waals surface area contributed by atoms with Crippen LogP contribution in [-0.2, 0) is 16.6 Å². The van der Waals surface area contributed by atoms with Gasteiger partial charge in [-0.25, -0.2) is 13.4 Å². The summed E-state index contributed by atoms with van der Waals surface area (Å²) in [5.74, 6) is 0. The molecular formula is C11H11Cl2N3O2S2. The maximum atomic E-state index is 12.3. The molecular weight excluding hydrogens is 341 g/mol. The molecule has 0 spiro atoms. The molecule has 5 nitrogen and oxygen atoms in total. The van der Waals surface area contributed by atoms with Crippen molar-refractivity contribution in [2.75, 3.05) is 4.72 Å². The molecule has 0 amide bonds. The molecule has 0 unspecified atom stereocenters. The van der Waals surface area contributed by atoms with E-state index in [2.05, 4.69) is 9.71 Å². The van der Waals surface area contributed by atoms with E-state index in [-0.39, 0.29) is 21.6 Å². The molecule has 0 aliphatic heterocycles. The number of halogens is 2. The van der Waals surface area contributed by atoms with E-state index in [1.54, 1.807) is 12.3 Å². The second-order valence-corrected chi connectivity index (χ2v) is 7.24. The highest BCUT2D eigenvalue weighted by molar-refractivity contribution is 7.93. The number of benzene rings is 1. The average molecular weight is 352 g/mol. The van der Waals surface area contributed by atoms with E-state index in [1.165, 1.54) is 23.5 Å². The zero-order valence-corrected chi connectivity index (χ0v) is 13.5. The predicted molar refractivity (Wildman–Crippen MR) is 82.0 cm³/mol. The van der Waals surface area contributed by atoms with Crippen molar-refractivity contribution >= 4 is 49.7 Å². The number of nitrogens with one attached hydrogen (secondary N) is 1. The van der Waals surface area contributed by atoms with Crippen molar-refractivity contribution in [2.45, 2.75) is 18.4 Å². The summed E-state index contributed by atoms with van der Waals surface area (Å²) in [5.41, 5.74) is 6.65. The Labute approximate surface area is 130 Å². The van der Waals surface area contributed by atoms with Gasteiger partial charge in [0, 0.05) is 22.5 Å². The summed E-state index contributed by atoms with van der Waals surface area (Å²) < 4.78 is 27.0. The van der Waals surface area contributed by atoms with E-state index in [1.807, 2.05) is 0 Å². The van der Waals surface area contributed by atoms with E-state index in [9.17, 15) is 8.42 Å². The molecule has 1 aromatic carbocycles. The molecule has 3 N–H and O–H groups in total. The van der Waals surface area contributed by atoms with E-state index in [4.69, 9.17) is 28.9 Å². The fraction of sp³-hybridized carbons (Fsp3) is 0.182. The SMILES string of the molecule is Cc1csc(NS(=O)(=O)c2ccc(Cl)c(CN)c2Cl)n1. The average Bonchev–Trinajstić information content (AvgIpc) is 2.74. The number of anilines is 1. The van der Waals surface area contributed by atoms with Gasteiger partial charge in [0.1, 0.15) is 4.90 Å². The first-order chi connectivity index (χ1) is 9.35. The lowest BCUT2D eigenvalue weighted by atomic mass is 10.2. The van der Waals surface area contributed by atoms with Gasteiger partial charge in [-0.2, -0.15) is 0 Å². The maximum Gasteiger partial charge on any atom is 0.265 e. The molecule has 20 heavy (non-hydrogen) atoms. The molecule has 9 heteroatoms. The van der Waals surface area contributed by atoms with Crippen molar-refractivity contribution in [1.29, 1.82) is 0 Å². The van der Waals surface area contributed by atoms with E-state index >= 15 is 0 Å². The van der Waals surface area contributed by atoms with Crippen LogP contribution < -0.4 is 10.5 Å². The topological polar surface area (TPSA) is 85.1 Å². The normalized spacial score (nSPS) is 11.6. The van der Waals surface area contributed by atoms with Gasteiger partial charge in [0.15, 0.2) is 5.13 Å². The van der Waals surface area contributed by atoms with Crippen molar-refractivity contribution in [2.24, 2.45) is 5.73 Å². The summed E-state index contributed by atoms with van der Waals surface area (Å²) in [7, 11) is -3.83. The van der Waals surface area contributed by atoms with Crippen LogP contribution >= 0.6 is 34.5 Å². The monoisotopic (exact) mass is 351 g/mol. The second kappa shape index (κ2) is 5.87. The van der Waals surface area contributed by atoms with Crippen LogP contribution in [0, 0.1) is 6.92 Å². The maximum absolute atomic E-state index is 12.3. The summed E-state index contributed by atoms with van der Waals surface area (Å²) >= 11 is 13.2. The third kappa shape index (κ3) is 3.07. The van der Waals surface area contributed by atoms with Crippen LogP contribution in [0.1, 0.15) is 11.3 Å². The highest BCUT2D eigenvalue weighted by atomic mass is 35.5. The number of aryl methyl sites for hydroxylation is 1. The lowest BCUT2D eigenvalue weighted by Crippen LogP contribution is -2.14. The number of aromatic nitrogens is 1. The molecule has 0 saturated heterocycles. The van der Waals surface area contributed by atoms with Gasteiger partial charge < -0.3 is 5.73 Å². The van der Waals surface area contributed by atoms with Gasteiger partial charge in [0.25, 0.3) is 10.0 Å². The van der Waals surface area contributed by atoms with Crippen LogP contribution in [0.2, 0.25) is 10.0 Å². The summed E-state index contributed by atoms with van der Waals surface area (Å²) in [6.45, 7) is 1.83. The fourth-order valence-electron chi connectivity index (χ4n) is 1.54. The highest BCUT2D eigenvalue weighted by Gasteiger charge is 2.22. The van der Waals surface area contributed by atoms with Gasteiger partial charge in [-0.15, -0.1) is 11.3 Å². The number of hydrogen-bond donors (Lipinski definition) is 2. The molecule has 0 aliphatic rings. The zero-order chi connectivity index (χ0) is 14.9. The smallest absolute Gasteiger partial charge is 0.265 e. The number of hydrogen-bond acceptors (Lipinski definition) is 5. The third-order valence-electron chi connectivity index (χ3n) is 2.48. The van der Waals surface area contributed by atoms with Gasteiger partial charge >= 0.3 is 0 Å². The minimum Gasteiger partial charge on any atom is -0.326 e. The van der Waals surface area contributed by atoms with Crippen LogP contribution in [0.15, 0.2) is 22.4 Å². The van der Waals surface area contributed by atoms with Gasteiger partial charge in [-0.05, 0) is 19.1 Å². The molecule has 1 heterocycles. The third-order valence-corrected chi connectivity index (χ3v) is 5.77. The molecule has 0 bridgehead atoms. The summed E-state index contributed by atoms with van der Waals surface area (Å²) in [6.07, 6.45) is 0. The molecule has 0 fully saturated rings. The minimum absolute atomic E-state index is 0.0285. The summed E-state index contributed by atoms with van der Waals surface area (Å²) in [6, 6.07) is 2.80. The second-order valence-electron chi connectivity index (χ2n) is 3.94. The summed E-state index contributed by atoms with van der Waals surface area (Å²) in [5, 5.41) is 2.39. The first kappa shape index (κ1) is 15.5. The Bertz CT molecular complexity index is 744. The molecule has 2 rings (SSSR count). The lowest BCUT2D eigenvalue weighted by Gasteiger charge is -2.11. The Kier molecular flexibility index (Phi) is 4.55. The van der Waals surface area contributed by atoms with E-state index in [0.29, 0.717) is 10.6 Å². The Hall–Kier alpha value is -0.860.